The quantitative estimate of drug-likeness (QED) is 0.850. The molecular weight excluding hydrogens is 198 g/mol. The minimum Gasteiger partial charge on any atom is -0.468 e. The first-order valence-corrected chi connectivity index (χ1v) is 5.60. The highest BCUT2D eigenvalue weighted by Gasteiger charge is 2.08. The molecule has 84 valence electrons. The third kappa shape index (κ3) is 2.74. The van der Waals surface area contributed by atoms with E-state index in [0.717, 1.165) is 18.6 Å². The van der Waals surface area contributed by atoms with Crippen LogP contribution in [-0.2, 0) is 6.42 Å². The van der Waals surface area contributed by atoms with Gasteiger partial charge in [0.1, 0.15) is 5.76 Å². The molecule has 0 amide bonds. The van der Waals surface area contributed by atoms with Crippen LogP contribution in [0.15, 0.2) is 47.1 Å². The lowest BCUT2D eigenvalue weighted by atomic mass is 10.0. The van der Waals surface area contributed by atoms with Gasteiger partial charge in [-0.1, -0.05) is 29.8 Å². The number of benzene rings is 1. The lowest BCUT2D eigenvalue weighted by Crippen LogP contribution is -2.10. The summed E-state index contributed by atoms with van der Waals surface area (Å²) in [6, 6.07) is 12.3. The zero-order chi connectivity index (χ0) is 11.4. The van der Waals surface area contributed by atoms with Gasteiger partial charge in [-0.2, -0.15) is 0 Å². The fourth-order valence-electron chi connectivity index (χ4n) is 1.83. The molecule has 0 aliphatic carbocycles. The van der Waals surface area contributed by atoms with Gasteiger partial charge >= 0.3 is 0 Å². The summed E-state index contributed by atoms with van der Waals surface area (Å²) in [5.41, 5.74) is 8.66. The maximum atomic E-state index is 6.03. The lowest BCUT2D eigenvalue weighted by Gasteiger charge is -2.08. The number of furan rings is 1. The highest BCUT2D eigenvalue weighted by Crippen LogP contribution is 2.17. The van der Waals surface area contributed by atoms with Crippen molar-refractivity contribution in [2.24, 2.45) is 5.73 Å². The Hall–Kier alpha value is -1.54. The van der Waals surface area contributed by atoms with Crippen LogP contribution in [0.25, 0.3) is 0 Å². The standard InChI is InChI=1S/C14H17NO/c1-11-4-2-5-12(10-11)7-8-13(15)14-6-3-9-16-14/h2-6,9-10,13H,7-8,15H2,1H3. The summed E-state index contributed by atoms with van der Waals surface area (Å²) in [5, 5.41) is 0. The molecule has 2 heteroatoms. The number of nitrogens with two attached hydrogens (primary N) is 1. The molecule has 1 heterocycles. The Balaban J connectivity index is 1.92. The van der Waals surface area contributed by atoms with Gasteiger partial charge in [0.2, 0.25) is 0 Å². The van der Waals surface area contributed by atoms with Gasteiger partial charge in [0.05, 0.1) is 12.3 Å². The molecule has 2 rings (SSSR count). The van der Waals surface area contributed by atoms with Crippen molar-refractivity contribution in [3.05, 3.63) is 59.5 Å². The zero-order valence-corrected chi connectivity index (χ0v) is 9.52. The van der Waals surface area contributed by atoms with Crippen LogP contribution >= 0.6 is 0 Å². The van der Waals surface area contributed by atoms with Gasteiger partial charge in [-0.25, -0.2) is 0 Å². The van der Waals surface area contributed by atoms with Crippen molar-refractivity contribution in [2.75, 3.05) is 0 Å². The van der Waals surface area contributed by atoms with E-state index in [4.69, 9.17) is 10.2 Å². The summed E-state index contributed by atoms with van der Waals surface area (Å²) < 4.78 is 5.28. The summed E-state index contributed by atoms with van der Waals surface area (Å²) in [4.78, 5) is 0. The molecule has 0 saturated heterocycles. The second-order valence-corrected chi connectivity index (χ2v) is 4.15. The molecule has 2 aromatic rings. The molecule has 1 atom stereocenters. The van der Waals surface area contributed by atoms with Gasteiger partial charge < -0.3 is 10.2 Å². The average molecular weight is 215 g/mol. The molecule has 0 fully saturated rings. The first-order chi connectivity index (χ1) is 7.75. The third-order valence-corrected chi connectivity index (χ3v) is 2.74. The number of hydrogen-bond donors (Lipinski definition) is 1. The van der Waals surface area contributed by atoms with Crippen LogP contribution in [-0.4, -0.2) is 0 Å². The van der Waals surface area contributed by atoms with E-state index in [1.165, 1.54) is 11.1 Å². The van der Waals surface area contributed by atoms with Gasteiger partial charge in [-0.15, -0.1) is 0 Å². The van der Waals surface area contributed by atoms with Crippen molar-refractivity contribution in [1.29, 1.82) is 0 Å². The molecule has 0 bridgehead atoms. The van der Waals surface area contributed by atoms with Crippen molar-refractivity contribution < 1.29 is 4.42 Å². The fraction of sp³-hybridized carbons (Fsp3) is 0.286. The number of rotatable bonds is 4. The predicted molar refractivity (Wildman–Crippen MR) is 65.1 cm³/mol. The molecule has 1 aromatic carbocycles. The molecule has 0 aliphatic heterocycles. The van der Waals surface area contributed by atoms with E-state index in [9.17, 15) is 0 Å². The number of aryl methyl sites for hydroxylation is 2. The van der Waals surface area contributed by atoms with Crippen LogP contribution in [0.3, 0.4) is 0 Å². The Morgan fingerprint density at radius 1 is 1.25 bits per heavy atom. The first kappa shape index (κ1) is 11.0. The van der Waals surface area contributed by atoms with Gasteiger partial charge in [-0.05, 0) is 37.5 Å². The fourth-order valence-corrected chi connectivity index (χ4v) is 1.83. The molecule has 0 spiro atoms. The maximum absolute atomic E-state index is 6.03. The second-order valence-electron chi connectivity index (χ2n) is 4.15. The molecule has 0 radical (unpaired) electrons. The summed E-state index contributed by atoms with van der Waals surface area (Å²) in [6.45, 7) is 2.11. The van der Waals surface area contributed by atoms with E-state index >= 15 is 0 Å². The van der Waals surface area contributed by atoms with Crippen LogP contribution in [0.5, 0.6) is 0 Å². The summed E-state index contributed by atoms with van der Waals surface area (Å²) >= 11 is 0. The van der Waals surface area contributed by atoms with E-state index in [1.807, 2.05) is 12.1 Å². The largest absolute Gasteiger partial charge is 0.468 e. The molecule has 2 nitrogen and oxygen atoms in total. The van der Waals surface area contributed by atoms with Crippen molar-refractivity contribution in [3.63, 3.8) is 0 Å². The predicted octanol–water partition coefficient (Wildman–Crippen LogP) is 3.22. The monoisotopic (exact) mass is 215 g/mol. The molecule has 16 heavy (non-hydrogen) atoms. The van der Waals surface area contributed by atoms with Gasteiger partial charge in [-0.3, -0.25) is 0 Å². The highest BCUT2D eigenvalue weighted by atomic mass is 16.3. The second kappa shape index (κ2) is 4.99. The molecule has 1 aromatic heterocycles. The number of hydrogen-bond acceptors (Lipinski definition) is 2. The van der Waals surface area contributed by atoms with Gasteiger partial charge in [0, 0.05) is 0 Å². The van der Waals surface area contributed by atoms with Crippen LogP contribution in [0.4, 0.5) is 0 Å². The normalized spacial score (nSPS) is 12.6. The van der Waals surface area contributed by atoms with Crippen molar-refractivity contribution >= 4 is 0 Å². The van der Waals surface area contributed by atoms with Crippen molar-refractivity contribution in [1.82, 2.24) is 0 Å². The van der Waals surface area contributed by atoms with E-state index in [0.29, 0.717) is 0 Å². The van der Waals surface area contributed by atoms with Crippen molar-refractivity contribution in [2.45, 2.75) is 25.8 Å². The van der Waals surface area contributed by atoms with Crippen LogP contribution < -0.4 is 5.73 Å². The van der Waals surface area contributed by atoms with Crippen molar-refractivity contribution in [3.8, 4) is 0 Å². The SMILES string of the molecule is Cc1cccc(CCC(N)c2ccco2)c1. The lowest BCUT2D eigenvalue weighted by molar-refractivity contribution is 0.452. The first-order valence-electron chi connectivity index (χ1n) is 5.60. The Morgan fingerprint density at radius 2 is 2.12 bits per heavy atom. The van der Waals surface area contributed by atoms with Crippen LogP contribution in [0.2, 0.25) is 0 Å². The van der Waals surface area contributed by atoms with Crippen LogP contribution in [0, 0.1) is 6.92 Å². The van der Waals surface area contributed by atoms with E-state index in [1.54, 1.807) is 6.26 Å². The summed E-state index contributed by atoms with van der Waals surface area (Å²) in [5.74, 6) is 0.868. The Kier molecular flexibility index (Phi) is 3.42. The third-order valence-electron chi connectivity index (χ3n) is 2.74. The topological polar surface area (TPSA) is 39.2 Å². The highest BCUT2D eigenvalue weighted by molar-refractivity contribution is 5.22. The smallest absolute Gasteiger partial charge is 0.120 e. The zero-order valence-electron chi connectivity index (χ0n) is 9.52. The summed E-state index contributed by atoms with van der Waals surface area (Å²) in [6.07, 6.45) is 3.57. The van der Waals surface area contributed by atoms with Crippen LogP contribution in [0.1, 0.15) is 29.3 Å². The molecular formula is C14H17NO. The average Bonchev–Trinajstić information content (AvgIpc) is 2.79. The van der Waals surface area contributed by atoms with E-state index < -0.39 is 0 Å². The Bertz CT molecular complexity index is 434. The molecule has 2 N–H and O–H groups in total. The molecule has 1 unspecified atom stereocenters. The van der Waals surface area contributed by atoms with Gasteiger partial charge in [0.15, 0.2) is 0 Å². The van der Waals surface area contributed by atoms with E-state index in [-0.39, 0.29) is 6.04 Å². The van der Waals surface area contributed by atoms with Gasteiger partial charge in [0.25, 0.3) is 0 Å². The maximum Gasteiger partial charge on any atom is 0.120 e. The minimum absolute atomic E-state index is 0.00416. The minimum atomic E-state index is -0.00416. The molecule has 0 aliphatic rings. The Morgan fingerprint density at radius 3 is 2.81 bits per heavy atom. The molecule has 0 saturated carbocycles. The summed E-state index contributed by atoms with van der Waals surface area (Å²) in [7, 11) is 0. The Labute approximate surface area is 96.1 Å². The van der Waals surface area contributed by atoms with E-state index in [2.05, 4.69) is 31.2 Å².